The van der Waals surface area contributed by atoms with Crippen LogP contribution in [-0.4, -0.2) is 63.2 Å². The third kappa shape index (κ3) is 4.90. The second kappa shape index (κ2) is 10.1. The average Bonchev–Trinajstić information content (AvgIpc) is 3.21. The molecule has 1 aromatic rings. The minimum absolute atomic E-state index is 0.164. The van der Waals surface area contributed by atoms with Crippen LogP contribution in [0, 0.1) is 17.8 Å². The predicted molar refractivity (Wildman–Crippen MR) is 134 cm³/mol. The van der Waals surface area contributed by atoms with E-state index in [2.05, 4.69) is 10.6 Å². The van der Waals surface area contributed by atoms with Gasteiger partial charge < -0.3 is 15.5 Å². The largest absolute Gasteiger partial charge is 0.344 e. The first-order valence-electron chi connectivity index (χ1n) is 12.3. The molecule has 10 heteroatoms. The van der Waals surface area contributed by atoms with Crippen LogP contribution in [0.1, 0.15) is 44.7 Å². The van der Waals surface area contributed by atoms with Crippen molar-refractivity contribution in [2.45, 2.75) is 68.9 Å². The maximum absolute atomic E-state index is 13.9. The van der Waals surface area contributed by atoms with Crippen LogP contribution in [0.3, 0.4) is 0 Å². The van der Waals surface area contributed by atoms with Gasteiger partial charge >= 0.3 is 0 Å². The second-order valence-electron chi connectivity index (χ2n) is 10.1. The van der Waals surface area contributed by atoms with Crippen molar-refractivity contribution in [1.29, 1.82) is 0 Å². The highest BCUT2D eigenvalue weighted by atomic mass is 35.5. The summed E-state index contributed by atoms with van der Waals surface area (Å²) in [7, 11) is 0. The Balaban J connectivity index is 1.58. The van der Waals surface area contributed by atoms with Crippen molar-refractivity contribution in [3.05, 3.63) is 35.4 Å². The number of amides is 3. The molecule has 1 heterocycles. The number of benzene rings is 1. The number of piperidine rings is 1. The lowest BCUT2D eigenvalue weighted by Crippen LogP contribution is -2.59. The topological polar surface area (TPSA) is 113 Å². The van der Waals surface area contributed by atoms with Gasteiger partial charge in [-0.15, -0.1) is 23.2 Å². The highest BCUT2D eigenvalue weighted by Crippen LogP contribution is 2.65. The van der Waals surface area contributed by atoms with Crippen LogP contribution < -0.4 is 10.6 Å². The summed E-state index contributed by atoms with van der Waals surface area (Å²) in [6.45, 7) is 4.54. The van der Waals surface area contributed by atoms with Crippen molar-refractivity contribution in [3.8, 4) is 0 Å². The van der Waals surface area contributed by atoms with Gasteiger partial charge in [-0.3, -0.25) is 24.0 Å². The number of nitrogens with zero attached hydrogens (tertiary/aromatic N) is 1. The van der Waals surface area contributed by atoms with Crippen LogP contribution in [0.15, 0.2) is 24.3 Å². The fourth-order valence-corrected chi connectivity index (χ4v) is 6.63. The minimum Gasteiger partial charge on any atom is -0.344 e. The molecule has 0 radical (unpaired) electrons. The van der Waals surface area contributed by atoms with Crippen molar-refractivity contribution < 1.29 is 24.0 Å². The van der Waals surface area contributed by atoms with E-state index in [4.69, 9.17) is 23.2 Å². The summed E-state index contributed by atoms with van der Waals surface area (Å²) < 4.78 is -1.16. The molecular weight excluding hydrogens is 505 g/mol. The van der Waals surface area contributed by atoms with E-state index in [1.54, 1.807) is 0 Å². The molecule has 1 saturated heterocycles. The minimum atomic E-state index is -1.16. The van der Waals surface area contributed by atoms with Crippen molar-refractivity contribution in [2.24, 2.45) is 17.8 Å². The number of hydrogen-bond donors (Lipinski definition) is 2. The zero-order valence-corrected chi connectivity index (χ0v) is 22.1. The third-order valence-corrected chi connectivity index (χ3v) is 8.68. The quantitative estimate of drug-likeness (QED) is 0.370. The van der Waals surface area contributed by atoms with Crippen molar-refractivity contribution in [3.63, 3.8) is 0 Å². The monoisotopic (exact) mass is 535 g/mol. The van der Waals surface area contributed by atoms with E-state index in [1.165, 1.54) is 18.7 Å². The van der Waals surface area contributed by atoms with Gasteiger partial charge in [-0.2, -0.15) is 0 Å². The lowest BCUT2D eigenvalue weighted by atomic mass is 9.94. The summed E-state index contributed by atoms with van der Waals surface area (Å²) >= 11 is 12.9. The van der Waals surface area contributed by atoms with Crippen molar-refractivity contribution >= 4 is 52.5 Å². The number of Topliss-reactive ketones (excluding diaryl/α,β-unsaturated/α-hetero) is 2. The van der Waals surface area contributed by atoms with Gasteiger partial charge in [0.1, 0.15) is 16.4 Å². The third-order valence-electron chi connectivity index (χ3n) is 7.62. The molecule has 1 aromatic carbocycles. The Morgan fingerprint density at radius 1 is 1.06 bits per heavy atom. The van der Waals surface area contributed by atoms with Crippen molar-refractivity contribution in [2.75, 3.05) is 6.54 Å². The van der Waals surface area contributed by atoms with Crippen LogP contribution >= 0.6 is 23.2 Å². The van der Waals surface area contributed by atoms with Gasteiger partial charge in [0.25, 0.3) is 0 Å². The number of carbonyl (C=O) groups is 5. The maximum atomic E-state index is 13.9. The summed E-state index contributed by atoms with van der Waals surface area (Å²) in [6.07, 6.45) is 2.13. The number of hydrogen-bond acceptors (Lipinski definition) is 5. The molecule has 8 nitrogen and oxygen atoms in total. The molecule has 1 saturated carbocycles. The molecule has 0 spiro atoms. The molecular formula is C26H31Cl2N3O5. The molecule has 4 rings (SSSR count). The Hall–Kier alpha value is -2.45. The van der Waals surface area contributed by atoms with E-state index < -0.39 is 45.9 Å². The summed E-state index contributed by atoms with van der Waals surface area (Å²) in [6, 6.07) is 5.11. The highest BCUT2D eigenvalue weighted by molar-refractivity contribution is 6.51. The molecule has 5 atom stereocenters. The number of alkyl halides is 2. The predicted octanol–water partition coefficient (Wildman–Crippen LogP) is 1.98. The standard InChI is InChI=1S/C26H31Cl2N3O5/c1-4-7-19(23(34)13(2)32)30-24(35)22-20-18(26(20,27)28)12-31(22)25(36)21(29-14(3)33)17-10-15-8-5-6-9-16(15)11-17/h5-6,8-9,17-22H,4,7,10-12H2,1-3H3,(H,29,33)(H,30,35)/t18-,19?,20-,21-,22-/m0/s1. The summed E-state index contributed by atoms with van der Waals surface area (Å²) in [4.78, 5) is 65.0. The van der Waals surface area contributed by atoms with Gasteiger partial charge in [-0.25, -0.2) is 0 Å². The SMILES string of the molecule is CCCC(NC(=O)[C@@H]1[C@@H]2[C@H](CN1C(=O)[C@@H](NC(C)=O)C1Cc3ccccc3C1)C2(Cl)Cl)C(=O)C(C)=O. The van der Waals surface area contributed by atoms with Gasteiger partial charge in [-0.1, -0.05) is 37.6 Å². The molecule has 3 aliphatic rings. The van der Waals surface area contributed by atoms with Crippen LogP contribution in [0.4, 0.5) is 0 Å². The molecule has 2 fully saturated rings. The normalized spacial score (nSPS) is 25.4. The first-order valence-corrected chi connectivity index (χ1v) is 13.1. The fourth-order valence-electron chi connectivity index (χ4n) is 5.80. The average molecular weight is 536 g/mol. The van der Waals surface area contributed by atoms with Crippen LogP contribution in [0.5, 0.6) is 0 Å². The molecule has 36 heavy (non-hydrogen) atoms. The Morgan fingerprint density at radius 3 is 2.19 bits per heavy atom. The highest BCUT2D eigenvalue weighted by Gasteiger charge is 2.74. The van der Waals surface area contributed by atoms with Crippen LogP contribution in [0.2, 0.25) is 0 Å². The first kappa shape index (κ1) is 26.6. The molecule has 3 amide bonds. The maximum Gasteiger partial charge on any atom is 0.246 e. The summed E-state index contributed by atoms with van der Waals surface area (Å²) in [5.74, 6) is -3.57. The van der Waals surface area contributed by atoms with Crippen LogP contribution in [-0.2, 0) is 36.8 Å². The van der Waals surface area contributed by atoms with Crippen LogP contribution in [0.25, 0.3) is 0 Å². The lowest BCUT2D eigenvalue weighted by Gasteiger charge is -2.34. The molecule has 0 aromatic heterocycles. The zero-order chi connectivity index (χ0) is 26.4. The molecule has 1 aliphatic heterocycles. The Morgan fingerprint density at radius 2 is 1.67 bits per heavy atom. The Labute approximate surface area is 220 Å². The van der Waals surface area contributed by atoms with E-state index in [1.807, 2.05) is 31.2 Å². The van der Waals surface area contributed by atoms with E-state index in [-0.39, 0.29) is 30.2 Å². The van der Waals surface area contributed by atoms with E-state index in [0.29, 0.717) is 25.7 Å². The summed E-state index contributed by atoms with van der Waals surface area (Å²) in [5, 5.41) is 5.49. The lowest BCUT2D eigenvalue weighted by molar-refractivity contribution is -0.144. The number of halogens is 2. The van der Waals surface area contributed by atoms with E-state index in [0.717, 1.165) is 11.1 Å². The number of carbonyl (C=O) groups excluding carboxylic acids is 5. The van der Waals surface area contributed by atoms with Gasteiger partial charge in [0.2, 0.25) is 23.5 Å². The van der Waals surface area contributed by atoms with E-state index in [9.17, 15) is 24.0 Å². The number of rotatable bonds is 9. The van der Waals surface area contributed by atoms with Gasteiger partial charge in [0.15, 0.2) is 5.78 Å². The Kier molecular flexibility index (Phi) is 7.49. The molecule has 194 valence electrons. The fraction of sp³-hybridized carbons (Fsp3) is 0.577. The van der Waals surface area contributed by atoms with Gasteiger partial charge in [0, 0.05) is 32.2 Å². The first-order chi connectivity index (χ1) is 17.0. The van der Waals surface area contributed by atoms with E-state index >= 15 is 0 Å². The number of fused-ring (bicyclic) bond motifs is 2. The number of ketones is 2. The van der Waals surface area contributed by atoms with Gasteiger partial charge in [0.05, 0.1) is 6.04 Å². The zero-order valence-electron chi connectivity index (χ0n) is 20.6. The number of likely N-dealkylation sites (tertiary alicyclic amines) is 1. The van der Waals surface area contributed by atoms with Crippen molar-refractivity contribution in [1.82, 2.24) is 15.5 Å². The molecule has 1 unspecified atom stereocenters. The smallest absolute Gasteiger partial charge is 0.246 e. The second-order valence-corrected chi connectivity index (χ2v) is 11.6. The number of nitrogens with one attached hydrogen (secondary N) is 2. The summed E-state index contributed by atoms with van der Waals surface area (Å²) in [5.41, 5.74) is 2.27. The molecule has 0 bridgehead atoms. The molecule has 2 N–H and O–H groups in total. The van der Waals surface area contributed by atoms with Gasteiger partial charge in [-0.05, 0) is 36.3 Å². The molecule has 2 aliphatic carbocycles. The Bertz CT molecular complexity index is 1080.